The fraction of sp³-hybridized carbons (Fsp3) is 0.297. The van der Waals surface area contributed by atoms with E-state index < -0.39 is 30.7 Å². The van der Waals surface area contributed by atoms with Crippen molar-refractivity contribution in [2.45, 2.75) is 64.1 Å². The maximum absolute atomic E-state index is 6.69. The van der Waals surface area contributed by atoms with Crippen molar-refractivity contribution in [3.8, 4) is 0 Å². The highest BCUT2D eigenvalue weighted by Crippen LogP contribution is 2.31. The Morgan fingerprint density at radius 3 is 1.42 bits per heavy atom. The van der Waals surface area contributed by atoms with Crippen LogP contribution in [0.2, 0.25) is 0 Å². The van der Waals surface area contributed by atoms with Crippen LogP contribution >= 0.6 is 0 Å². The summed E-state index contributed by atoms with van der Waals surface area (Å²) in [4.78, 5) is 0. The van der Waals surface area contributed by atoms with E-state index >= 15 is 0 Å². The van der Waals surface area contributed by atoms with E-state index in [2.05, 4.69) is 0 Å². The molecule has 0 N–H and O–H groups in total. The van der Waals surface area contributed by atoms with Gasteiger partial charge in [0.25, 0.3) is 0 Å². The predicted molar refractivity (Wildman–Crippen MR) is 166 cm³/mol. The lowest BCUT2D eigenvalue weighted by atomic mass is 9.97. The molecule has 6 heteroatoms. The van der Waals surface area contributed by atoms with Crippen molar-refractivity contribution >= 4 is 0 Å². The largest absolute Gasteiger partial charge is 0.470 e. The van der Waals surface area contributed by atoms with Crippen LogP contribution in [0.4, 0.5) is 0 Å². The minimum atomic E-state index is -0.734. The van der Waals surface area contributed by atoms with Gasteiger partial charge in [-0.1, -0.05) is 127 Å². The summed E-state index contributed by atoms with van der Waals surface area (Å²) >= 11 is 0. The predicted octanol–water partition coefficient (Wildman–Crippen LogP) is 7.23. The fourth-order valence-corrected chi connectivity index (χ4v) is 5.01. The van der Waals surface area contributed by atoms with Crippen LogP contribution < -0.4 is 0 Å². The Balaban J connectivity index is 1.42. The minimum absolute atomic E-state index is 0.292. The third kappa shape index (κ3) is 9.35. The summed E-state index contributed by atoms with van der Waals surface area (Å²) in [5, 5.41) is 0. The van der Waals surface area contributed by atoms with Gasteiger partial charge in [-0.2, -0.15) is 0 Å². The van der Waals surface area contributed by atoms with E-state index in [-0.39, 0.29) is 0 Å². The third-order valence-corrected chi connectivity index (χ3v) is 7.19. The summed E-state index contributed by atoms with van der Waals surface area (Å²) in [7, 11) is 0. The maximum Gasteiger partial charge on any atom is 0.228 e. The molecule has 5 atom stereocenters. The van der Waals surface area contributed by atoms with Crippen molar-refractivity contribution in [3.05, 3.63) is 156 Å². The molecule has 6 nitrogen and oxygen atoms in total. The molecule has 1 saturated heterocycles. The molecule has 0 aliphatic carbocycles. The second-order valence-electron chi connectivity index (χ2n) is 10.4. The number of rotatable bonds is 15. The van der Waals surface area contributed by atoms with Gasteiger partial charge in [-0.3, -0.25) is 0 Å². The zero-order chi connectivity index (χ0) is 29.5. The Morgan fingerprint density at radius 1 is 0.535 bits per heavy atom. The monoisotopic (exact) mass is 580 g/mol. The highest BCUT2D eigenvalue weighted by Gasteiger charge is 2.49. The molecular weight excluding hydrogens is 540 g/mol. The summed E-state index contributed by atoms with van der Waals surface area (Å²) in [6, 6.07) is 40.4. The van der Waals surface area contributed by atoms with Crippen LogP contribution in [0.3, 0.4) is 0 Å². The SMILES string of the molecule is C/C=C\O[C@H]1O[C@H](COCc2ccccc2)[C@@H](OCc2ccccc2)[C@H](OCc2ccccc2)[C@@H]1OCc1ccccc1. The van der Waals surface area contributed by atoms with Crippen LogP contribution in [0.1, 0.15) is 29.2 Å². The van der Waals surface area contributed by atoms with Gasteiger partial charge in [-0.15, -0.1) is 0 Å². The van der Waals surface area contributed by atoms with E-state index in [1.54, 1.807) is 6.26 Å². The Morgan fingerprint density at radius 2 is 0.953 bits per heavy atom. The van der Waals surface area contributed by atoms with E-state index in [0.29, 0.717) is 33.0 Å². The Hall–Kier alpha value is -3.78. The number of hydrogen-bond donors (Lipinski definition) is 0. The minimum Gasteiger partial charge on any atom is -0.470 e. The topological polar surface area (TPSA) is 55.4 Å². The molecule has 224 valence electrons. The van der Waals surface area contributed by atoms with Crippen LogP contribution in [-0.4, -0.2) is 37.3 Å². The van der Waals surface area contributed by atoms with Gasteiger partial charge in [0.2, 0.25) is 6.29 Å². The fourth-order valence-electron chi connectivity index (χ4n) is 5.01. The van der Waals surface area contributed by atoms with E-state index in [9.17, 15) is 0 Å². The van der Waals surface area contributed by atoms with Gasteiger partial charge >= 0.3 is 0 Å². The van der Waals surface area contributed by atoms with Gasteiger partial charge in [0.05, 0.1) is 39.3 Å². The third-order valence-electron chi connectivity index (χ3n) is 7.19. The zero-order valence-corrected chi connectivity index (χ0v) is 24.6. The molecule has 0 radical (unpaired) electrons. The number of hydrogen-bond acceptors (Lipinski definition) is 6. The van der Waals surface area contributed by atoms with E-state index in [0.717, 1.165) is 22.3 Å². The van der Waals surface area contributed by atoms with Crippen molar-refractivity contribution in [2.24, 2.45) is 0 Å². The normalized spacial score (nSPS) is 22.0. The zero-order valence-electron chi connectivity index (χ0n) is 24.6. The van der Waals surface area contributed by atoms with Crippen LogP contribution in [-0.2, 0) is 54.8 Å². The lowest BCUT2D eigenvalue weighted by molar-refractivity contribution is -0.318. The van der Waals surface area contributed by atoms with Crippen LogP contribution in [0, 0.1) is 0 Å². The molecule has 1 aliphatic heterocycles. The first-order valence-electron chi connectivity index (χ1n) is 14.8. The first-order chi connectivity index (χ1) is 21.3. The van der Waals surface area contributed by atoms with Crippen LogP contribution in [0.15, 0.2) is 134 Å². The summed E-state index contributed by atoms with van der Waals surface area (Å²) in [5.41, 5.74) is 4.25. The second-order valence-corrected chi connectivity index (χ2v) is 10.4. The van der Waals surface area contributed by atoms with Crippen molar-refractivity contribution in [3.63, 3.8) is 0 Å². The highest BCUT2D eigenvalue weighted by atomic mass is 16.7. The van der Waals surface area contributed by atoms with Crippen molar-refractivity contribution in [1.82, 2.24) is 0 Å². The van der Waals surface area contributed by atoms with E-state index in [4.69, 9.17) is 28.4 Å². The molecule has 0 saturated carbocycles. The molecule has 5 rings (SSSR count). The van der Waals surface area contributed by atoms with Crippen molar-refractivity contribution in [2.75, 3.05) is 6.61 Å². The molecule has 1 aliphatic rings. The number of ether oxygens (including phenoxy) is 6. The second kappa shape index (κ2) is 16.8. The standard InChI is InChI=1S/C37H40O6/c1-2-23-39-37-36(42-27-32-21-13-6-14-22-32)35(41-26-31-19-11-5-12-20-31)34(40-25-30-17-9-4-10-18-30)33(43-37)28-38-24-29-15-7-3-8-16-29/h2-23,33-37H,24-28H2,1H3/b23-2-/t33-,34-,35+,36+,37+/m1/s1. The molecule has 0 aromatic heterocycles. The molecule has 4 aromatic rings. The molecule has 0 bridgehead atoms. The summed E-state index contributed by atoms with van der Waals surface area (Å²) in [6.45, 7) is 3.79. The first kappa shape index (κ1) is 30.7. The Bertz CT molecular complexity index is 1330. The first-order valence-corrected chi connectivity index (χ1v) is 14.8. The maximum atomic E-state index is 6.69. The van der Waals surface area contributed by atoms with Crippen LogP contribution in [0.25, 0.3) is 0 Å². The van der Waals surface area contributed by atoms with Crippen LogP contribution in [0.5, 0.6) is 0 Å². The molecule has 0 unspecified atom stereocenters. The average molecular weight is 581 g/mol. The molecule has 43 heavy (non-hydrogen) atoms. The summed E-state index contributed by atoms with van der Waals surface area (Å²) in [5.74, 6) is 0. The molecule has 0 spiro atoms. The van der Waals surface area contributed by atoms with Gasteiger partial charge < -0.3 is 28.4 Å². The highest BCUT2D eigenvalue weighted by molar-refractivity contribution is 5.16. The van der Waals surface area contributed by atoms with Crippen molar-refractivity contribution in [1.29, 1.82) is 0 Å². The van der Waals surface area contributed by atoms with E-state index in [1.165, 1.54) is 0 Å². The molecule has 1 heterocycles. The molecule has 1 fully saturated rings. The van der Waals surface area contributed by atoms with Gasteiger partial charge in [-0.25, -0.2) is 0 Å². The molecule has 4 aromatic carbocycles. The van der Waals surface area contributed by atoms with Gasteiger partial charge in [0.1, 0.15) is 24.4 Å². The molecular formula is C37H40O6. The van der Waals surface area contributed by atoms with Crippen molar-refractivity contribution < 1.29 is 28.4 Å². The number of allylic oxidation sites excluding steroid dienone is 1. The molecule has 0 amide bonds. The lowest BCUT2D eigenvalue weighted by Crippen LogP contribution is -2.61. The van der Waals surface area contributed by atoms with Gasteiger partial charge in [0.15, 0.2) is 0 Å². The average Bonchev–Trinajstić information content (AvgIpc) is 3.07. The quantitative estimate of drug-likeness (QED) is 0.138. The Labute approximate surface area is 254 Å². The van der Waals surface area contributed by atoms with Gasteiger partial charge in [0, 0.05) is 0 Å². The Kier molecular flexibility index (Phi) is 11.9. The lowest BCUT2D eigenvalue weighted by Gasteiger charge is -2.45. The smallest absolute Gasteiger partial charge is 0.228 e. The number of benzene rings is 4. The summed E-state index contributed by atoms with van der Waals surface area (Å²) < 4.78 is 38.8. The van der Waals surface area contributed by atoms with Gasteiger partial charge in [-0.05, 0) is 29.2 Å². The van der Waals surface area contributed by atoms with E-state index in [1.807, 2.05) is 134 Å². The summed E-state index contributed by atoms with van der Waals surface area (Å²) in [6.07, 6.45) is 0.669.